The summed E-state index contributed by atoms with van der Waals surface area (Å²) in [6.07, 6.45) is 1.08. The van der Waals surface area contributed by atoms with Crippen molar-refractivity contribution in [3.63, 3.8) is 0 Å². The van der Waals surface area contributed by atoms with Gasteiger partial charge in [-0.25, -0.2) is 0 Å². The van der Waals surface area contributed by atoms with Crippen LogP contribution in [-0.4, -0.2) is 19.5 Å². The summed E-state index contributed by atoms with van der Waals surface area (Å²) in [4.78, 5) is 10.1. The zero-order valence-corrected chi connectivity index (χ0v) is 10.1. The van der Waals surface area contributed by atoms with Crippen LogP contribution >= 0.6 is 0 Å². The molecule has 0 bridgehead atoms. The Kier molecular flexibility index (Phi) is 3.94. The number of hydrogen-bond donors (Lipinski definition) is 1. The molecule has 3 heteroatoms. The van der Waals surface area contributed by atoms with Crippen LogP contribution in [0, 0.1) is 0 Å². The van der Waals surface area contributed by atoms with Crippen molar-refractivity contribution in [2.24, 2.45) is 0 Å². The highest BCUT2D eigenvalue weighted by Crippen LogP contribution is 2.39. The molecule has 0 saturated carbocycles. The molecule has 2 nitrogen and oxygen atoms in total. The normalized spacial score (nSPS) is 18.0. The molecule has 0 aliphatic rings. The second-order valence-corrected chi connectivity index (χ2v) is 7.94. The standard InChI is InChI=1S/C9H22O2Si/c1-7-9(4,5)12(6,10)11-8(2)3/h8,10H,7H2,1-6H3. The molecule has 0 spiro atoms. The van der Waals surface area contributed by atoms with Crippen molar-refractivity contribution in [2.45, 2.75) is 58.7 Å². The minimum Gasteiger partial charge on any atom is -0.410 e. The zero-order chi connectivity index (χ0) is 9.99. The lowest BCUT2D eigenvalue weighted by atomic mass is 10.1. The van der Waals surface area contributed by atoms with Crippen LogP contribution in [-0.2, 0) is 4.43 Å². The molecule has 0 saturated heterocycles. The first kappa shape index (κ1) is 12.1. The Morgan fingerprint density at radius 2 is 1.83 bits per heavy atom. The van der Waals surface area contributed by atoms with Gasteiger partial charge in [0.1, 0.15) is 0 Å². The molecular formula is C9H22O2Si. The highest BCUT2D eigenvalue weighted by atomic mass is 28.4. The Labute approximate surface area is 77.2 Å². The van der Waals surface area contributed by atoms with Crippen molar-refractivity contribution >= 4 is 8.56 Å². The Balaban J connectivity index is 4.37. The maximum absolute atomic E-state index is 10.1. The van der Waals surface area contributed by atoms with E-state index in [1.54, 1.807) is 0 Å². The van der Waals surface area contributed by atoms with Crippen molar-refractivity contribution in [1.82, 2.24) is 0 Å². The molecule has 0 aliphatic heterocycles. The fourth-order valence-corrected chi connectivity index (χ4v) is 2.84. The van der Waals surface area contributed by atoms with Gasteiger partial charge in [-0.3, -0.25) is 0 Å². The van der Waals surface area contributed by atoms with Gasteiger partial charge in [-0.05, 0) is 26.8 Å². The molecule has 12 heavy (non-hydrogen) atoms. The van der Waals surface area contributed by atoms with Crippen molar-refractivity contribution in [2.75, 3.05) is 0 Å². The van der Waals surface area contributed by atoms with Gasteiger partial charge in [-0.2, -0.15) is 0 Å². The topological polar surface area (TPSA) is 29.5 Å². The van der Waals surface area contributed by atoms with E-state index in [0.717, 1.165) is 6.42 Å². The van der Waals surface area contributed by atoms with Crippen LogP contribution in [0.2, 0.25) is 11.6 Å². The first-order valence-corrected chi connectivity index (χ1v) is 6.98. The fourth-order valence-electron chi connectivity index (χ4n) is 0.946. The van der Waals surface area contributed by atoms with Crippen molar-refractivity contribution < 1.29 is 9.22 Å². The van der Waals surface area contributed by atoms with E-state index in [0.29, 0.717) is 0 Å². The summed E-state index contributed by atoms with van der Waals surface area (Å²) in [5, 5.41) is -0.0583. The molecule has 0 aromatic rings. The quantitative estimate of drug-likeness (QED) is 0.691. The molecule has 0 radical (unpaired) electrons. The Bertz CT molecular complexity index is 141. The lowest BCUT2D eigenvalue weighted by Crippen LogP contribution is -2.47. The maximum Gasteiger partial charge on any atom is 0.338 e. The average Bonchev–Trinajstić information content (AvgIpc) is 1.84. The van der Waals surface area contributed by atoms with E-state index in [-0.39, 0.29) is 11.1 Å². The van der Waals surface area contributed by atoms with Crippen molar-refractivity contribution in [1.29, 1.82) is 0 Å². The first-order chi connectivity index (χ1) is 5.23. The predicted molar refractivity (Wildman–Crippen MR) is 54.4 cm³/mol. The van der Waals surface area contributed by atoms with Gasteiger partial charge in [0.25, 0.3) is 0 Å². The van der Waals surface area contributed by atoms with E-state index in [1.165, 1.54) is 0 Å². The van der Waals surface area contributed by atoms with Crippen LogP contribution in [0.25, 0.3) is 0 Å². The molecule has 1 atom stereocenters. The van der Waals surface area contributed by atoms with Gasteiger partial charge in [0, 0.05) is 11.1 Å². The molecule has 0 aliphatic carbocycles. The summed E-state index contributed by atoms with van der Waals surface area (Å²) >= 11 is 0. The molecule has 0 aromatic heterocycles. The third-order valence-electron chi connectivity index (χ3n) is 2.60. The van der Waals surface area contributed by atoms with Crippen LogP contribution in [0.4, 0.5) is 0 Å². The van der Waals surface area contributed by atoms with E-state index < -0.39 is 8.56 Å². The van der Waals surface area contributed by atoms with Crippen LogP contribution in [0.5, 0.6) is 0 Å². The third kappa shape index (κ3) is 2.88. The third-order valence-corrected chi connectivity index (χ3v) is 6.40. The lowest BCUT2D eigenvalue weighted by Gasteiger charge is -2.37. The van der Waals surface area contributed by atoms with E-state index in [4.69, 9.17) is 4.43 Å². The van der Waals surface area contributed by atoms with Crippen LogP contribution in [0.15, 0.2) is 0 Å². The zero-order valence-electron chi connectivity index (χ0n) is 9.14. The predicted octanol–water partition coefficient (Wildman–Crippen LogP) is 2.67. The second-order valence-electron chi connectivity index (χ2n) is 4.39. The summed E-state index contributed by atoms with van der Waals surface area (Å²) in [5.74, 6) is 0. The molecule has 1 N–H and O–H groups in total. The van der Waals surface area contributed by atoms with Gasteiger partial charge in [0.15, 0.2) is 0 Å². The smallest absolute Gasteiger partial charge is 0.338 e. The van der Waals surface area contributed by atoms with Crippen LogP contribution in [0.3, 0.4) is 0 Å². The van der Waals surface area contributed by atoms with E-state index in [1.807, 2.05) is 20.4 Å². The van der Waals surface area contributed by atoms with Gasteiger partial charge in [0.2, 0.25) is 0 Å². The Morgan fingerprint density at radius 1 is 1.42 bits per heavy atom. The minimum absolute atomic E-state index is 0.0583. The molecule has 1 unspecified atom stereocenters. The van der Waals surface area contributed by atoms with Gasteiger partial charge < -0.3 is 9.22 Å². The molecule has 74 valence electrons. The molecular weight excluding hydrogens is 168 g/mol. The average molecular weight is 190 g/mol. The Hall–Kier alpha value is 0.137. The van der Waals surface area contributed by atoms with Gasteiger partial charge >= 0.3 is 8.56 Å². The summed E-state index contributed by atoms with van der Waals surface area (Å²) in [5.41, 5.74) is 0. The highest BCUT2D eigenvalue weighted by Gasteiger charge is 2.44. The highest BCUT2D eigenvalue weighted by molar-refractivity contribution is 6.67. The summed E-state index contributed by atoms with van der Waals surface area (Å²) < 4.78 is 5.59. The van der Waals surface area contributed by atoms with Crippen molar-refractivity contribution in [3.8, 4) is 0 Å². The van der Waals surface area contributed by atoms with Crippen LogP contribution < -0.4 is 0 Å². The fraction of sp³-hybridized carbons (Fsp3) is 1.00. The monoisotopic (exact) mass is 190 g/mol. The van der Waals surface area contributed by atoms with Gasteiger partial charge in [-0.15, -0.1) is 0 Å². The second kappa shape index (κ2) is 3.90. The summed E-state index contributed by atoms with van der Waals surface area (Å²) in [6, 6.07) is 0. The van der Waals surface area contributed by atoms with Crippen molar-refractivity contribution in [3.05, 3.63) is 0 Å². The van der Waals surface area contributed by atoms with Gasteiger partial charge in [0.05, 0.1) is 0 Å². The van der Waals surface area contributed by atoms with E-state index >= 15 is 0 Å². The summed E-state index contributed by atoms with van der Waals surface area (Å²) in [6.45, 7) is 12.0. The molecule has 0 fully saturated rings. The number of hydrogen-bond acceptors (Lipinski definition) is 2. The number of rotatable bonds is 4. The molecule has 0 rings (SSSR count). The van der Waals surface area contributed by atoms with E-state index in [2.05, 4.69) is 20.8 Å². The lowest BCUT2D eigenvalue weighted by molar-refractivity contribution is 0.156. The van der Waals surface area contributed by atoms with Crippen LogP contribution in [0.1, 0.15) is 41.0 Å². The first-order valence-electron chi connectivity index (χ1n) is 4.63. The van der Waals surface area contributed by atoms with E-state index in [9.17, 15) is 4.80 Å². The molecule has 0 aromatic carbocycles. The minimum atomic E-state index is -2.49. The Morgan fingerprint density at radius 3 is 2.08 bits per heavy atom. The largest absolute Gasteiger partial charge is 0.410 e. The summed E-state index contributed by atoms with van der Waals surface area (Å²) in [7, 11) is -2.49. The van der Waals surface area contributed by atoms with Gasteiger partial charge in [-0.1, -0.05) is 20.8 Å². The molecule has 0 heterocycles. The molecule has 0 amide bonds. The SMILES string of the molecule is CCC(C)(C)[Si](C)(O)OC(C)C. The maximum atomic E-state index is 10.1.